The van der Waals surface area contributed by atoms with Crippen LogP contribution in [0.15, 0.2) is 30.5 Å². The second kappa shape index (κ2) is 9.95. The number of nitrogens with zero attached hydrogens (tertiary/aromatic N) is 3. The molecule has 0 aliphatic carbocycles. The molecule has 2 aromatic rings. The third kappa shape index (κ3) is 5.34. The number of likely N-dealkylation sites (tertiary alicyclic amines) is 1. The number of ether oxygens (including phenoxy) is 1. The van der Waals surface area contributed by atoms with Crippen LogP contribution in [0.2, 0.25) is 0 Å². The van der Waals surface area contributed by atoms with Crippen molar-refractivity contribution in [2.75, 3.05) is 38.6 Å². The van der Waals surface area contributed by atoms with Gasteiger partial charge >= 0.3 is 5.97 Å². The number of fused-ring (bicyclic) bond motifs is 1. The molecule has 0 bridgehead atoms. The standard InChI is InChI=1S/C23H29N5O4/c1-32-20-7-5-16(12-25-20)19(11-21(29)30)27-23(31)17-13-28(14-17)10-8-18-6-4-15-3-2-9-24-22(15)26-18/h4-7,12,17,19H,2-3,8-11,13-14H2,1H3,(H,24,26)(H,27,31)(H,29,30). The van der Waals surface area contributed by atoms with Gasteiger partial charge in [0.15, 0.2) is 0 Å². The van der Waals surface area contributed by atoms with Crippen molar-refractivity contribution < 1.29 is 19.4 Å². The minimum atomic E-state index is -0.978. The molecule has 1 saturated heterocycles. The number of nitrogens with one attached hydrogen (secondary N) is 2. The van der Waals surface area contributed by atoms with Gasteiger partial charge in [0.2, 0.25) is 11.8 Å². The molecule has 2 aliphatic heterocycles. The fraction of sp³-hybridized carbons (Fsp3) is 0.478. The molecule has 2 aliphatic rings. The van der Waals surface area contributed by atoms with Crippen molar-refractivity contribution in [2.45, 2.75) is 31.7 Å². The molecule has 170 valence electrons. The number of hydrogen-bond acceptors (Lipinski definition) is 7. The van der Waals surface area contributed by atoms with E-state index in [4.69, 9.17) is 9.72 Å². The van der Waals surface area contributed by atoms with Crippen molar-refractivity contribution in [2.24, 2.45) is 5.92 Å². The number of rotatable bonds is 9. The number of amides is 1. The number of anilines is 1. The highest BCUT2D eigenvalue weighted by molar-refractivity contribution is 5.81. The average molecular weight is 440 g/mol. The summed E-state index contributed by atoms with van der Waals surface area (Å²) in [6.07, 6.45) is 4.40. The number of aryl methyl sites for hydroxylation is 1. The van der Waals surface area contributed by atoms with Crippen molar-refractivity contribution in [1.82, 2.24) is 20.2 Å². The van der Waals surface area contributed by atoms with Gasteiger partial charge in [-0.05, 0) is 30.0 Å². The summed E-state index contributed by atoms with van der Waals surface area (Å²) in [7, 11) is 1.51. The number of carboxylic acid groups (broad SMARTS) is 1. The zero-order valence-corrected chi connectivity index (χ0v) is 18.2. The van der Waals surface area contributed by atoms with Crippen LogP contribution in [0.4, 0.5) is 5.82 Å². The maximum Gasteiger partial charge on any atom is 0.305 e. The normalized spacial score (nSPS) is 16.9. The summed E-state index contributed by atoms with van der Waals surface area (Å²) in [4.78, 5) is 35.0. The number of carbonyl (C=O) groups is 2. The minimum Gasteiger partial charge on any atom is -0.481 e. The number of pyridine rings is 2. The van der Waals surface area contributed by atoms with Crippen LogP contribution in [0.5, 0.6) is 5.88 Å². The van der Waals surface area contributed by atoms with Gasteiger partial charge in [-0.1, -0.05) is 12.1 Å². The SMILES string of the molecule is COc1ccc(C(CC(=O)O)NC(=O)C2CN(CCc3ccc4c(n3)NCCC4)C2)cn1. The first-order chi connectivity index (χ1) is 15.5. The molecule has 4 heterocycles. The van der Waals surface area contributed by atoms with Crippen LogP contribution in [-0.4, -0.2) is 65.1 Å². The summed E-state index contributed by atoms with van der Waals surface area (Å²) in [5, 5.41) is 15.5. The van der Waals surface area contributed by atoms with Crippen LogP contribution in [0.3, 0.4) is 0 Å². The Hall–Kier alpha value is -3.20. The van der Waals surface area contributed by atoms with E-state index in [1.54, 1.807) is 18.3 Å². The van der Waals surface area contributed by atoms with Gasteiger partial charge in [0.05, 0.1) is 25.5 Å². The van der Waals surface area contributed by atoms with Gasteiger partial charge in [0.25, 0.3) is 0 Å². The first-order valence-corrected chi connectivity index (χ1v) is 11.0. The average Bonchev–Trinajstić information content (AvgIpc) is 2.77. The third-order valence-electron chi connectivity index (χ3n) is 6.03. The van der Waals surface area contributed by atoms with Crippen LogP contribution < -0.4 is 15.4 Å². The Morgan fingerprint density at radius 1 is 1.31 bits per heavy atom. The van der Waals surface area contributed by atoms with Crippen LogP contribution >= 0.6 is 0 Å². The van der Waals surface area contributed by atoms with Gasteiger partial charge in [0, 0.05) is 50.6 Å². The molecule has 9 heteroatoms. The number of aliphatic carboxylic acids is 1. The first kappa shape index (κ1) is 22.0. The molecule has 1 atom stereocenters. The number of carbonyl (C=O) groups excluding carboxylic acids is 1. The number of hydrogen-bond donors (Lipinski definition) is 3. The lowest BCUT2D eigenvalue weighted by molar-refractivity contribution is -0.138. The van der Waals surface area contributed by atoms with Crippen molar-refractivity contribution >= 4 is 17.7 Å². The molecular formula is C23H29N5O4. The maximum absolute atomic E-state index is 12.7. The number of aromatic nitrogens is 2. The topological polar surface area (TPSA) is 117 Å². The summed E-state index contributed by atoms with van der Waals surface area (Å²) in [6.45, 7) is 3.14. The largest absolute Gasteiger partial charge is 0.481 e. The highest BCUT2D eigenvalue weighted by Gasteiger charge is 2.33. The molecule has 0 radical (unpaired) electrons. The quantitative estimate of drug-likeness (QED) is 0.540. The molecule has 1 amide bonds. The third-order valence-corrected chi connectivity index (χ3v) is 6.03. The summed E-state index contributed by atoms with van der Waals surface area (Å²) in [5.41, 5.74) is 2.98. The van der Waals surface area contributed by atoms with E-state index in [0.717, 1.165) is 43.9 Å². The van der Waals surface area contributed by atoms with Gasteiger partial charge in [-0.15, -0.1) is 0 Å². The van der Waals surface area contributed by atoms with Crippen molar-refractivity contribution in [3.05, 3.63) is 47.3 Å². The zero-order chi connectivity index (χ0) is 22.5. The van der Waals surface area contributed by atoms with Crippen LogP contribution in [0.1, 0.15) is 35.7 Å². The molecule has 0 saturated carbocycles. The number of carboxylic acids is 1. The molecule has 9 nitrogen and oxygen atoms in total. The van der Waals surface area contributed by atoms with Crippen molar-refractivity contribution in [1.29, 1.82) is 0 Å². The molecule has 1 fully saturated rings. The molecule has 1 unspecified atom stereocenters. The fourth-order valence-electron chi connectivity index (χ4n) is 4.13. The second-order valence-electron chi connectivity index (χ2n) is 8.34. The van der Waals surface area contributed by atoms with E-state index in [-0.39, 0.29) is 18.2 Å². The van der Waals surface area contributed by atoms with Gasteiger partial charge in [0.1, 0.15) is 5.82 Å². The van der Waals surface area contributed by atoms with Crippen LogP contribution in [0, 0.1) is 5.92 Å². The van der Waals surface area contributed by atoms with Crippen LogP contribution in [-0.2, 0) is 22.4 Å². The Morgan fingerprint density at radius 3 is 2.88 bits per heavy atom. The van der Waals surface area contributed by atoms with Gasteiger partial charge < -0.3 is 25.4 Å². The summed E-state index contributed by atoms with van der Waals surface area (Å²) in [6, 6.07) is 7.01. The summed E-state index contributed by atoms with van der Waals surface area (Å²) in [5.74, 6) is 0.198. The molecule has 4 rings (SSSR count). The smallest absolute Gasteiger partial charge is 0.305 e. The fourth-order valence-corrected chi connectivity index (χ4v) is 4.13. The predicted molar refractivity (Wildman–Crippen MR) is 119 cm³/mol. The van der Waals surface area contributed by atoms with Crippen molar-refractivity contribution in [3.63, 3.8) is 0 Å². The van der Waals surface area contributed by atoms with E-state index in [2.05, 4.69) is 32.7 Å². The van der Waals surface area contributed by atoms with Gasteiger partial charge in [-0.3, -0.25) is 9.59 Å². The summed E-state index contributed by atoms with van der Waals surface area (Å²) >= 11 is 0. The van der Waals surface area contributed by atoms with E-state index < -0.39 is 12.0 Å². The Kier molecular flexibility index (Phi) is 6.84. The molecular weight excluding hydrogens is 410 g/mol. The number of methoxy groups -OCH3 is 1. The molecule has 3 N–H and O–H groups in total. The zero-order valence-electron chi connectivity index (χ0n) is 18.2. The minimum absolute atomic E-state index is 0.126. The summed E-state index contributed by atoms with van der Waals surface area (Å²) < 4.78 is 5.04. The maximum atomic E-state index is 12.7. The second-order valence-corrected chi connectivity index (χ2v) is 8.34. The lowest BCUT2D eigenvalue weighted by Crippen LogP contribution is -2.54. The Bertz CT molecular complexity index is 959. The molecule has 0 aromatic carbocycles. The Balaban J connectivity index is 1.26. The van der Waals surface area contributed by atoms with Gasteiger partial charge in [-0.25, -0.2) is 9.97 Å². The van der Waals surface area contributed by atoms with E-state index in [1.165, 1.54) is 12.7 Å². The Morgan fingerprint density at radius 2 is 2.16 bits per heavy atom. The van der Waals surface area contributed by atoms with E-state index in [9.17, 15) is 14.7 Å². The molecule has 2 aromatic heterocycles. The molecule has 0 spiro atoms. The first-order valence-electron chi connectivity index (χ1n) is 11.0. The van der Waals surface area contributed by atoms with Gasteiger partial charge in [-0.2, -0.15) is 0 Å². The lowest BCUT2D eigenvalue weighted by Gasteiger charge is -2.38. The Labute approximate surface area is 187 Å². The van der Waals surface area contributed by atoms with E-state index in [0.29, 0.717) is 24.5 Å². The molecule has 32 heavy (non-hydrogen) atoms. The van der Waals surface area contributed by atoms with Crippen LogP contribution in [0.25, 0.3) is 0 Å². The lowest BCUT2D eigenvalue weighted by atomic mass is 9.97. The highest BCUT2D eigenvalue weighted by Crippen LogP contribution is 2.23. The van der Waals surface area contributed by atoms with E-state index >= 15 is 0 Å². The predicted octanol–water partition coefficient (Wildman–Crippen LogP) is 1.65. The van der Waals surface area contributed by atoms with E-state index in [1.807, 2.05) is 0 Å². The van der Waals surface area contributed by atoms with Crippen molar-refractivity contribution in [3.8, 4) is 5.88 Å². The monoisotopic (exact) mass is 439 g/mol. The highest BCUT2D eigenvalue weighted by atomic mass is 16.5.